The van der Waals surface area contributed by atoms with Gasteiger partial charge in [-0.05, 0) is 30.5 Å². The first-order valence-electron chi connectivity index (χ1n) is 5.28. The second kappa shape index (κ2) is 4.18. The van der Waals surface area contributed by atoms with E-state index in [1.165, 1.54) is 0 Å². The number of piperidine rings is 1. The number of amides is 1. The summed E-state index contributed by atoms with van der Waals surface area (Å²) in [6, 6.07) is 7.31. The van der Waals surface area contributed by atoms with Crippen molar-refractivity contribution in [3.8, 4) is 0 Å². The van der Waals surface area contributed by atoms with Crippen LogP contribution < -0.4 is 0 Å². The lowest BCUT2D eigenvalue weighted by Gasteiger charge is -2.36. The summed E-state index contributed by atoms with van der Waals surface area (Å²) in [4.78, 5) is 13.6. The van der Waals surface area contributed by atoms with Gasteiger partial charge in [0.1, 0.15) is 0 Å². The predicted molar refractivity (Wildman–Crippen MR) is 64.9 cm³/mol. The van der Waals surface area contributed by atoms with Gasteiger partial charge < -0.3 is 10.0 Å². The molecule has 1 aromatic carbocycles. The van der Waals surface area contributed by atoms with Crippen LogP contribution in [0, 0.1) is 0 Å². The first-order valence-corrected chi connectivity index (χ1v) is 6.07. The predicted octanol–water partition coefficient (Wildman–Crippen LogP) is 1.89. The largest absolute Gasteiger partial charge is 0.375 e. The molecule has 0 radical (unpaired) electrons. The van der Waals surface area contributed by atoms with Crippen LogP contribution in [0.25, 0.3) is 0 Å². The van der Waals surface area contributed by atoms with E-state index in [1.54, 1.807) is 24.1 Å². The summed E-state index contributed by atoms with van der Waals surface area (Å²) in [5.74, 6) is -0.211. The summed E-state index contributed by atoms with van der Waals surface area (Å²) in [5, 5.41) is 10.5. The Balaban J connectivity index is 2.41. The van der Waals surface area contributed by atoms with Crippen LogP contribution in [0.15, 0.2) is 28.7 Å². The van der Waals surface area contributed by atoms with E-state index < -0.39 is 5.60 Å². The molecule has 1 N–H and O–H groups in total. The maximum absolute atomic E-state index is 12.0. The fourth-order valence-corrected chi connectivity index (χ4v) is 2.51. The molecule has 0 spiro atoms. The van der Waals surface area contributed by atoms with Crippen molar-refractivity contribution in [1.29, 1.82) is 0 Å². The van der Waals surface area contributed by atoms with Gasteiger partial charge in [-0.15, -0.1) is 0 Å². The minimum Gasteiger partial charge on any atom is -0.375 e. The molecular formula is C12H14BrNO2. The van der Waals surface area contributed by atoms with Crippen molar-refractivity contribution in [2.45, 2.75) is 18.4 Å². The number of aliphatic hydroxyl groups is 1. The van der Waals surface area contributed by atoms with Crippen LogP contribution in [-0.2, 0) is 10.4 Å². The third kappa shape index (κ3) is 1.87. The SMILES string of the molecule is CN1CCCC(O)(c2cccc(Br)c2)C1=O. The van der Waals surface area contributed by atoms with Crippen LogP contribution in [0.3, 0.4) is 0 Å². The monoisotopic (exact) mass is 283 g/mol. The highest BCUT2D eigenvalue weighted by Gasteiger charge is 2.42. The molecule has 2 rings (SSSR count). The molecule has 0 bridgehead atoms. The second-order valence-electron chi connectivity index (χ2n) is 4.20. The topological polar surface area (TPSA) is 40.5 Å². The third-order valence-corrected chi connectivity index (χ3v) is 3.53. The molecule has 1 saturated heterocycles. The molecule has 1 unspecified atom stereocenters. The van der Waals surface area contributed by atoms with Crippen molar-refractivity contribution in [1.82, 2.24) is 4.90 Å². The number of carbonyl (C=O) groups is 1. The van der Waals surface area contributed by atoms with Crippen LogP contribution >= 0.6 is 15.9 Å². The highest BCUT2D eigenvalue weighted by Crippen LogP contribution is 2.33. The summed E-state index contributed by atoms with van der Waals surface area (Å²) in [6.07, 6.45) is 1.32. The zero-order valence-electron chi connectivity index (χ0n) is 9.11. The molecule has 3 nitrogen and oxygen atoms in total. The number of halogens is 1. The normalized spacial score (nSPS) is 25.9. The van der Waals surface area contributed by atoms with Gasteiger partial charge in [-0.3, -0.25) is 4.79 Å². The number of hydrogen-bond donors (Lipinski definition) is 1. The Bertz CT molecular complexity index is 421. The number of rotatable bonds is 1. The second-order valence-corrected chi connectivity index (χ2v) is 5.12. The molecule has 16 heavy (non-hydrogen) atoms. The van der Waals surface area contributed by atoms with E-state index in [9.17, 15) is 9.90 Å². The van der Waals surface area contributed by atoms with Crippen molar-refractivity contribution < 1.29 is 9.90 Å². The number of benzene rings is 1. The molecule has 0 aromatic heterocycles. The van der Waals surface area contributed by atoms with Gasteiger partial charge >= 0.3 is 0 Å². The molecule has 1 aromatic rings. The number of likely N-dealkylation sites (tertiary alicyclic amines) is 1. The summed E-state index contributed by atoms with van der Waals surface area (Å²) < 4.78 is 0.874. The first kappa shape index (κ1) is 11.6. The van der Waals surface area contributed by atoms with Crippen LogP contribution in [-0.4, -0.2) is 29.5 Å². The van der Waals surface area contributed by atoms with E-state index in [4.69, 9.17) is 0 Å². The van der Waals surface area contributed by atoms with Crippen LogP contribution in [0.2, 0.25) is 0 Å². The standard InChI is InChI=1S/C12H14BrNO2/c1-14-7-3-6-12(16,11(14)15)9-4-2-5-10(13)8-9/h2,4-5,8,16H,3,6-7H2,1H3. The Hall–Kier alpha value is -0.870. The lowest BCUT2D eigenvalue weighted by Crippen LogP contribution is -2.49. The Labute approximate surface area is 103 Å². The van der Waals surface area contributed by atoms with Crippen molar-refractivity contribution in [2.24, 2.45) is 0 Å². The van der Waals surface area contributed by atoms with Crippen molar-refractivity contribution in [3.05, 3.63) is 34.3 Å². The number of hydrogen-bond acceptors (Lipinski definition) is 2. The summed E-state index contributed by atoms with van der Waals surface area (Å²) >= 11 is 3.35. The average Bonchev–Trinajstić information content (AvgIpc) is 2.26. The Morgan fingerprint density at radius 2 is 2.25 bits per heavy atom. The first-order chi connectivity index (χ1) is 7.54. The Kier molecular flexibility index (Phi) is 3.04. The van der Waals surface area contributed by atoms with Gasteiger partial charge in [0.15, 0.2) is 5.60 Å². The van der Waals surface area contributed by atoms with Crippen LogP contribution in [0.5, 0.6) is 0 Å². The van der Waals surface area contributed by atoms with Gasteiger partial charge in [0.25, 0.3) is 5.91 Å². The van der Waals surface area contributed by atoms with Gasteiger partial charge in [-0.1, -0.05) is 28.1 Å². The van der Waals surface area contributed by atoms with E-state index in [1.807, 2.05) is 12.1 Å². The molecule has 0 saturated carbocycles. The van der Waals surface area contributed by atoms with Crippen molar-refractivity contribution in [3.63, 3.8) is 0 Å². The maximum Gasteiger partial charge on any atom is 0.258 e. The molecule has 1 atom stereocenters. The van der Waals surface area contributed by atoms with E-state index in [2.05, 4.69) is 15.9 Å². The highest BCUT2D eigenvalue weighted by molar-refractivity contribution is 9.10. The lowest BCUT2D eigenvalue weighted by molar-refractivity contribution is -0.156. The molecule has 1 heterocycles. The summed E-state index contributed by atoms with van der Waals surface area (Å²) in [7, 11) is 1.73. The quantitative estimate of drug-likeness (QED) is 0.855. The summed E-state index contributed by atoms with van der Waals surface area (Å²) in [5.41, 5.74) is -0.685. The maximum atomic E-state index is 12.0. The third-order valence-electron chi connectivity index (χ3n) is 3.03. The number of likely N-dealkylation sites (N-methyl/N-ethyl adjacent to an activating group) is 1. The molecule has 4 heteroatoms. The van der Waals surface area contributed by atoms with E-state index in [0.29, 0.717) is 12.0 Å². The Morgan fingerprint density at radius 1 is 1.50 bits per heavy atom. The Morgan fingerprint density at radius 3 is 2.94 bits per heavy atom. The number of carbonyl (C=O) groups excluding carboxylic acids is 1. The van der Waals surface area contributed by atoms with Crippen molar-refractivity contribution in [2.75, 3.05) is 13.6 Å². The lowest BCUT2D eigenvalue weighted by atomic mass is 9.85. The van der Waals surface area contributed by atoms with Gasteiger partial charge in [-0.25, -0.2) is 0 Å². The zero-order chi connectivity index (χ0) is 11.8. The molecular weight excluding hydrogens is 270 g/mol. The van der Waals surface area contributed by atoms with Gasteiger partial charge in [0.2, 0.25) is 0 Å². The molecule has 86 valence electrons. The molecule has 1 aliphatic heterocycles. The fourth-order valence-electron chi connectivity index (χ4n) is 2.11. The minimum atomic E-state index is -1.35. The molecule has 1 fully saturated rings. The minimum absolute atomic E-state index is 0.211. The number of nitrogens with zero attached hydrogens (tertiary/aromatic N) is 1. The van der Waals surface area contributed by atoms with E-state index >= 15 is 0 Å². The zero-order valence-corrected chi connectivity index (χ0v) is 10.7. The van der Waals surface area contributed by atoms with E-state index in [0.717, 1.165) is 17.4 Å². The van der Waals surface area contributed by atoms with Gasteiger partial charge in [0.05, 0.1) is 0 Å². The molecule has 0 aliphatic carbocycles. The van der Waals surface area contributed by atoms with E-state index in [-0.39, 0.29) is 5.91 Å². The molecule has 1 aliphatic rings. The summed E-state index contributed by atoms with van der Waals surface area (Å²) in [6.45, 7) is 0.717. The highest BCUT2D eigenvalue weighted by atomic mass is 79.9. The van der Waals surface area contributed by atoms with Crippen LogP contribution in [0.4, 0.5) is 0 Å². The van der Waals surface area contributed by atoms with Gasteiger partial charge in [0, 0.05) is 18.1 Å². The smallest absolute Gasteiger partial charge is 0.258 e. The van der Waals surface area contributed by atoms with Crippen LogP contribution in [0.1, 0.15) is 18.4 Å². The molecule has 1 amide bonds. The van der Waals surface area contributed by atoms with Gasteiger partial charge in [-0.2, -0.15) is 0 Å². The fraction of sp³-hybridized carbons (Fsp3) is 0.417. The van der Waals surface area contributed by atoms with Crippen molar-refractivity contribution >= 4 is 21.8 Å². The average molecular weight is 284 g/mol.